The molecular formula is C20H23Cl2N3O3S. The first-order chi connectivity index (χ1) is 13.7. The van der Waals surface area contributed by atoms with Gasteiger partial charge in [0, 0.05) is 29.9 Å². The standard InChI is InChI=1S/C20H23Cl2N3O3S/c1-13(25(2)16-6-7-16)12-23-20(26)14-4-3-5-15(10-14)24-29(27,28)17-8-9-18(21)19(22)11-17/h3-5,8-11,13,16,24H,6-7,12H2,1-2H3,(H,23,26). The molecule has 29 heavy (non-hydrogen) atoms. The lowest BCUT2D eigenvalue weighted by Gasteiger charge is -2.24. The molecule has 1 aliphatic rings. The highest BCUT2D eigenvalue weighted by Crippen LogP contribution is 2.27. The SMILES string of the molecule is CC(CNC(=O)c1cccc(NS(=O)(=O)c2ccc(Cl)c(Cl)c2)c1)N(C)C1CC1. The summed E-state index contributed by atoms with van der Waals surface area (Å²) in [7, 11) is -1.80. The Bertz CT molecular complexity index is 1010. The minimum Gasteiger partial charge on any atom is -0.350 e. The molecule has 2 aromatic carbocycles. The van der Waals surface area contributed by atoms with Gasteiger partial charge in [0.15, 0.2) is 0 Å². The third-order valence-corrected chi connectivity index (χ3v) is 7.07. The number of rotatable bonds is 8. The molecule has 0 radical (unpaired) electrons. The van der Waals surface area contributed by atoms with Crippen molar-refractivity contribution < 1.29 is 13.2 Å². The van der Waals surface area contributed by atoms with E-state index in [4.69, 9.17) is 23.2 Å². The molecule has 0 aromatic heterocycles. The first kappa shape index (κ1) is 21.9. The minimum atomic E-state index is -3.87. The molecule has 1 fully saturated rings. The van der Waals surface area contributed by atoms with Gasteiger partial charge in [0.2, 0.25) is 0 Å². The van der Waals surface area contributed by atoms with Crippen LogP contribution in [0.5, 0.6) is 0 Å². The molecule has 9 heteroatoms. The highest BCUT2D eigenvalue weighted by Gasteiger charge is 2.29. The van der Waals surface area contributed by atoms with Crippen molar-refractivity contribution in [3.63, 3.8) is 0 Å². The maximum Gasteiger partial charge on any atom is 0.261 e. The summed E-state index contributed by atoms with van der Waals surface area (Å²) in [5, 5.41) is 3.32. The number of amides is 1. The average Bonchev–Trinajstić information content (AvgIpc) is 3.52. The zero-order valence-corrected chi connectivity index (χ0v) is 18.5. The van der Waals surface area contributed by atoms with Gasteiger partial charge in [-0.1, -0.05) is 29.3 Å². The smallest absolute Gasteiger partial charge is 0.261 e. The van der Waals surface area contributed by atoms with Crippen LogP contribution in [0, 0.1) is 0 Å². The predicted octanol–water partition coefficient (Wildman–Crippen LogP) is 4.01. The maximum atomic E-state index is 12.6. The van der Waals surface area contributed by atoms with Crippen molar-refractivity contribution in [2.24, 2.45) is 0 Å². The number of likely N-dealkylation sites (N-methyl/N-ethyl adjacent to an activating group) is 1. The summed E-state index contributed by atoms with van der Waals surface area (Å²) < 4.78 is 27.6. The quantitative estimate of drug-likeness (QED) is 0.630. The first-order valence-corrected chi connectivity index (χ1v) is 11.5. The lowest BCUT2D eigenvalue weighted by atomic mass is 10.2. The molecule has 0 aliphatic heterocycles. The highest BCUT2D eigenvalue weighted by molar-refractivity contribution is 7.92. The number of benzene rings is 2. The van der Waals surface area contributed by atoms with Gasteiger partial charge in [-0.3, -0.25) is 14.4 Å². The molecule has 1 saturated carbocycles. The molecule has 1 amide bonds. The van der Waals surface area contributed by atoms with Gasteiger partial charge in [-0.05, 0) is 63.2 Å². The van der Waals surface area contributed by atoms with Gasteiger partial charge in [-0.15, -0.1) is 0 Å². The molecule has 1 aliphatic carbocycles. The van der Waals surface area contributed by atoms with Gasteiger partial charge in [0.05, 0.1) is 14.9 Å². The number of nitrogens with one attached hydrogen (secondary N) is 2. The zero-order valence-electron chi connectivity index (χ0n) is 16.2. The molecule has 156 valence electrons. The Morgan fingerprint density at radius 2 is 1.90 bits per heavy atom. The van der Waals surface area contributed by atoms with Crippen LogP contribution in [0.3, 0.4) is 0 Å². The Kier molecular flexibility index (Phi) is 6.73. The fourth-order valence-corrected chi connectivity index (χ4v) is 4.35. The third-order valence-electron chi connectivity index (χ3n) is 4.95. The monoisotopic (exact) mass is 455 g/mol. The summed E-state index contributed by atoms with van der Waals surface area (Å²) in [6.45, 7) is 2.59. The fourth-order valence-electron chi connectivity index (χ4n) is 2.91. The highest BCUT2D eigenvalue weighted by atomic mass is 35.5. The Hall–Kier alpha value is -1.80. The van der Waals surface area contributed by atoms with Crippen LogP contribution >= 0.6 is 23.2 Å². The number of sulfonamides is 1. The zero-order chi connectivity index (χ0) is 21.2. The van der Waals surface area contributed by atoms with Gasteiger partial charge in [0.1, 0.15) is 0 Å². The van der Waals surface area contributed by atoms with Gasteiger partial charge >= 0.3 is 0 Å². The van der Waals surface area contributed by atoms with E-state index in [1.54, 1.807) is 18.2 Å². The van der Waals surface area contributed by atoms with Crippen molar-refractivity contribution in [3.8, 4) is 0 Å². The molecule has 0 spiro atoms. The number of halogens is 2. The van der Waals surface area contributed by atoms with Gasteiger partial charge in [0.25, 0.3) is 15.9 Å². The van der Waals surface area contributed by atoms with E-state index < -0.39 is 10.0 Å². The summed E-state index contributed by atoms with van der Waals surface area (Å²) in [5.74, 6) is -0.253. The number of nitrogens with zero attached hydrogens (tertiary/aromatic N) is 1. The fraction of sp³-hybridized carbons (Fsp3) is 0.350. The molecule has 2 N–H and O–H groups in total. The Labute approximate surface area is 181 Å². The lowest BCUT2D eigenvalue weighted by molar-refractivity contribution is 0.0939. The normalized spacial score (nSPS) is 15.2. The molecule has 1 atom stereocenters. The topological polar surface area (TPSA) is 78.5 Å². The molecule has 0 bridgehead atoms. The second-order valence-corrected chi connectivity index (χ2v) is 9.71. The lowest BCUT2D eigenvalue weighted by Crippen LogP contribution is -2.41. The largest absolute Gasteiger partial charge is 0.350 e. The van der Waals surface area contributed by atoms with E-state index in [0.29, 0.717) is 18.2 Å². The van der Waals surface area contributed by atoms with Crippen molar-refractivity contribution in [2.45, 2.75) is 36.7 Å². The summed E-state index contributed by atoms with van der Waals surface area (Å²) in [5.41, 5.74) is 0.660. The van der Waals surface area contributed by atoms with Crippen molar-refractivity contribution in [2.75, 3.05) is 18.3 Å². The van der Waals surface area contributed by atoms with Crippen LogP contribution in [0.15, 0.2) is 47.4 Å². The van der Waals surface area contributed by atoms with Crippen LogP contribution in [0.25, 0.3) is 0 Å². The Morgan fingerprint density at radius 1 is 1.17 bits per heavy atom. The molecular weight excluding hydrogens is 433 g/mol. The summed E-state index contributed by atoms with van der Waals surface area (Å²) >= 11 is 11.8. The van der Waals surface area contributed by atoms with Gasteiger partial charge < -0.3 is 5.32 Å². The van der Waals surface area contributed by atoms with Crippen LogP contribution in [0.1, 0.15) is 30.1 Å². The second-order valence-electron chi connectivity index (χ2n) is 7.22. The number of hydrogen-bond donors (Lipinski definition) is 2. The van der Waals surface area contributed by atoms with E-state index in [-0.39, 0.29) is 32.6 Å². The third kappa shape index (κ3) is 5.63. The minimum absolute atomic E-state index is 0.0151. The molecule has 1 unspecified atom stereocenters. The van der Waals surface area contributed by atoms with E-state index in [1.807, 2.05) is 0 Å². The summed E-state index contributed by atoms with van der Waals surface area (Å²) in [4.78, 5) is 14.7. The average molecular weight is 456 g/mol. The van der Waals surface area contributed by atoms with E-state index in [1.165, 1.54) is 37.1 Å². The number of carbonyl (C=O) groups excluding carboxylic acids is 1. The number of anilines is 1. The molecule has 0 saturated heterocycles. The van der Waals surface area contributed by atoms with Crippen LogP contribution in [0.4, 0.5) is 5.69 Å². The molecule has 2 aromatic rings. The predicted molar refractivity (Wildman–Crippen MR) is 116 cm³/mol. The van der Waals surface area contributed by atoms with E-state index >= 15 is 0 Å². The number of hydrogen-bond acceptors (Lipinski definition) is 4. The maximum absolute atomic E-state index is 12.6. The second kappa shape index (κ2) is 8.92. The van der Waals surface area contributed by atoms with Crippen molar-refractivity contribution in [1.82, 2.24) is 10.2 Å². The first-order valence-electron chi connectivity index (χ1n) is 9.25. The molecule has 0 heterocycles. The van der Waals surface area contributed by atoms with Crippen molar-refractivity contribution in [3.05, 3.63) is 58.1 Å². The Balaban J connectivity index is 1.66. The Morgan fingerprint density at radius 3 is 2.55 bits per heavy atom. The molecule has 6 nitrogen and oxygen atoms in total. The van der Waals surface area contributed by atoms with Crippen molar-refractivity contribution in [1.29, 1.82) is 0 Å². The van der Waals surface area contributed by atoms with E-state index in [0.717, 1.165) is 0 Å². The molecule has 3 rings (SSSR count). The summed E-state index contributed by atoms with van der Waals surface area (Å²) in [6.07, 6.45) is 2.41. The van der Waals surface area contributed by atoms with Crippen LogP contribution in [-0.2, 0) is 10.0 Å². The van der Waals surface area contributed by atoms with Crippen LogP contribution < -0.4 is 10.0 Å². The van der Waals surface area contributed by atoms with Crippen molar-refractivity contribution >= 4 is 44.8 Å². The van der Waals surface area contributed by atoms with Gasteiger partial charge in [-0.2, -0.15) is 0 Å². The van der Waals surface area contributed by atoms with E-state index in [9.17, 15) is 13.2 Å². The van der Waals surface area contributed by atoms with E-state index in [2.05, 4.69) is 28.9 Å². The summed E-state index contributed by atoms with van der Waals surface area (Å²) in [6, 6.07) is 11.2. The van der Waals surface area contributed by atoms with Crippen LogP contribution in [-0.4, -0.2) is 44.9 Å². The van der Waals surface area contributed by atoms with Gasteiger partial charge in [-0.25, -0.2) is 8.42 Å². The van der Waals surface area contributed by atoms with Crippen LogP contribution in [0.2, 0.25) is 10.0 Å². The number of carbonyl (C=O) groups is 1.